The Labute approximate surface area is 109 Å². The molecule has 1 aromatic carbocycles. The number of benzene rings is 1. The van der Waals surface area contributed by atoms with E-state index in [1.165, 1.54) is 17.4 Å². The maximum Gasteiger partial charge on any atom is 0.162 e. The Morgan fingerprint density at radius 3 is 2.78 bits per heavy atom. The van der Waals surface area contributed by atoms with Crippen molar-refractivity contribution < 1.29 is 8.78 Å². The third-order valence-corrected chi connectivity index (χ3v) is 3.95. The first-order valence-corrected chi connectivity index (χ1v) is 6.51. The molecule has 0 spiro atoms. The Bertz CT molecular complexity index is 540. The molecular weight excluding hydrogens is 254 g/mol. The molecule has 0 radical (unpaired) electrons. The molecular formula is C13H14F2N2S. The van der Waals surface area contributed by atoms with Crippen LogP contribution < -0.4 is 5.32 Å². The van der Waals surface area contributed by atoms with Crippen LogP contribution in [-0.4, -0.2) is 12.0 Å². The molecule has 1 unspecified atom stereocenters. The summed E-state index contributed by atoms with van der Waals surface area (Å²) in [5, 5.41) is 3.12. The van der Waals surface area contributed by atoms with Crippen LogP contribution in [0.2, 0.25) is 0 Å². The summed E-state index contributed by atoms with van der Waals surface area (Å²) in [6.45, 7) is 1.91. The Morgan fingerprint density at radius 1 is 1.39 bits per heavy atom. The Kier molecular flexibility index (Phi) is 4.04. The quantitative estimate of drug-likeness (QED) is 0.921. The van der Waals surface area contributed by atoms with Crippen molar-refractivity contribution in [2.45, 2.75) is 19.4 Å². The number of aromatic nitrogens is 1. The first-order valence-electron chi connectivity index (χ1n) is 5.63. The summed E-state index contributed by atoms with van der Waals surface area (Å²) in [7, 11) is 1.81. The van der Waals surface area contributed by atoms with Crippen LogP contribution in [0, 0.1) is 18.6 Å². The van der Waals surface area contributed by atoms with Gasteiger partial charge < -0.3 is 5.32 Å². The second-order valence-corrected chi connectivity index (χ2v) is 4.95. The van der Waals surface area contributed by atoms with E-state index in [1.54, 1.807) is 18.6 Å². The number of nitrogens with zero attached hydrogens (tertiary/aromatic N) is 1. The number of hydrogen-bond acceptors (Lipinski definition) is 3. The molecule has 2 aromatic rings. The van der Waals surface area contributed by atoms with Crippen molar-refractivity contribution in [2.75, 3.05) is 7.05 Å². The lowest BCUT2D eigenvalue weighted by molar-refractivity contribution is 0.487. The van der Waals surface area contributed by atoms with E-state index in [4.69, 9.17) is 0 Å². The summed E-state index contributed by atoms with van der Waals surface area (Å²) in [5.41, 5.74) is 3.06. The topological polar surface area (TPSA) is 24.9 Å². The Morgan fingerprint density at radius 2 is 2.17 bits per heavy atom. The Hall–Kier alpha value is -1.33. The zero-order valence-electron chi connectivity index (χ0n) is 10.2. The van der Waals surface area contributed by atoms with E-state index in [0.717, 1.165) is 16.6 Å². The highest BCUT2D eigenvalue weighted by Gasteiger charge is 2.17. The third-order valence-electron chi connectivity index (χ3n) is 2.90. The summed E-state index contributed by atoms with van der Waals surface area (Å²) < 4.78 is 26.8. The van der Waals surface area contributed by atoms with Crippen molar-refractivity contribution in [2.24, 2.45) is 0 Å². The van der Waals surface area contributed by atoms with Crippen molar-refractivity contribution in [3.8, 4) is 0 Å². The van der Waals surface area contributed by atoms with Crippen LogP contribution in [0.5, 0.6) is 0 Å². The van der Waals surface area contributed by atoms with Gasteiger partial charge in [0, 0.05) is 10.9 Å². The molecule has 2 nitrogen and oxygen atoms in total. The molecule has 1 aromatic heterocycles. The molecule has 0 aliphatic heterocycles. The molecule has 0 aliphatic carbocycles. The van der Waals surface area contributed by atoms with Crippen LogP contribution >= 0.6 is 11.3 Å². The fourth-order valence-electron chi connectivity index (χ4n) is 1.90. The van der Waals surface area contributed by atoms with Gasteiger partial charge in [-0.15, -0.1) is 11.3 Å². The van der Waals surface area contributed by atoms with Crippen LogP contribution in [-0.2, 0) is 6.42 Å². The van der Waals surface area contributed by atoms with Crippen molar-refractivity contribution in [1.82, 2.24) is 10.3 Å². The maximum absolute atomic E-state index is 13.6. The van der Waals surface area contributed by atoms with Gasteiger partial charge in [0.2, 0.25) is 0 Å². The average Bonchev–Trinajstić information content (AvgIpc) is 2.77. The zero-order chi connectivity index (χ0) is 13.1. The van der Waals surface area contributed by atoms with Gasteiger partial charge in [0.05, 0.1) is 11.2 Å². The van der Waals surface area contributed by atoms with E-state index in [1.807, 2.05) is 6.92 Å². The van der Waals surface area contributed by atoms with Crippen LogP contribution in [0.25, 0.3) is 0 Å². The molecule has 96 valence electrons. The molecule has 0 bridgehead atoms. The number of nitrogens with one attached hydrogen (secondary N) is 1. The highest BCUT2D eigenvalue weighted by Crippen LogP contribution is 2.26. The van der Waals surface area contributed by atoms with Crippen molar-refractivity contribution in [3.05, 3.63) is 51.5 Å². The average molecular weight is 268 g/mol. The van der Waals surface area contributed by atoms with Crippen molar-refractivity contribution in [3.63, 3.8) is 0 Å². The number of likely N-dealkylation sites (N-methyl/N-ethyl adjacent to an activating group) is 1. The van der Waals surface area contributed by atoms with Gasteiger partial charge in [-0.2, -0.15) is 0 Å². The highest BCUT2D eigenvalue weighted by atomic mass is 32.1. The van der Waals surface area contributed by atoms with E-state index in [9.17, 15) is 8.78 Å². The minimum Gasteiger partial charge on any atom is -0.312 e. The predicted octanol–water partition coefficient (Wildman–Crippen LogP) is 3.23. The Balaban J connectivity index is 2.26. The van der Waals surface area contributed by atoms with Gasteiger partial charge in [-0.25, -0.2) is 13.8 Å². The first kappa shape index (κ1) is 13.1. The standard InChI is InChI=1S/C13H14F2N2S/c1-8-13(18-7-17-8)11(16-2)6-9-4-3-5-10(14)12(9)15/h3-5,7,11,16H,6H2,1-2H3. The van der Waals surface area contributed by atoms with Crippen LogP contribution in [0.15, 0.2) is 23.7 Å². The third kappa shape index (κ3) is 2.57. The van der Waals surface area contributed by atoms with E-state index < -0.39 is 11.6 Å². The molecule has 1 heterocycles. The van der Waals surface area contributed by atoms with Gasteiger partial charge in [-0.3, -0.25) is 0 Å². The molecule has 1 atom stereocenters. The molecule has 1 N–H and O–H groups in total. The van der Waals surface area contributed by atoms with Crippen LogP contribution in [0.4, 0.5) is 8.78 Å². The van der Waals surface area contributed by atoms with Gasteiger partial charge >= 0.3 is 0 Å². The minimum absolute atomic E-state index is 0.0474. The van der Waals surface area contributed by atoms with Gasteiger partial charge in [0.15, 0.2) is 11.6 Å². The lowest BCUT2D eigenvalue weighted by Gasteiger charge is -2.15. The van der Waals surface area contributed by atoms with Gasteiger partial charge in [-0.05, 0) is 32.0 Å². The molecule has 18 heavy (non-hydrogen) atoms. The fourth-order valence-corrected chi connectivity index (χ4v) is 2.81. The molecule has 0 amide bonds. The monoisotopic (exact) mass is 268 g/mol. The summed E-state index contributed by atoms with van der Waals surface area (Å²) in [6.07, 6.45) is 0.406. The zero-order valence-corrected chi connectivity index (χ0v) is 11.0. The molecule has 0 aliphatic rings. The molecule has 0 saturated carbocycles. The molecule has 5 heteroatoms. The van der Waals surface area contributed by atoms with Crippen molar-refractivity contribution in [1.29, 1.82) is 0 Å². The normalized spacial score (nSPS) is 12.7. The fraction of sp³-hybridized carbons (Fsp3) is 0.308. The summed E-state index contributed by atoms with van der Waals surface area (Å²) >= 11 is 1.52. The maximum atomic E-state index is 13.6. The van der Waals surface area contributed by atoms with Crippen LogP contribution in [0.1, 0.15) is 22.2 Å². The highest BCUT2D eigenvalue weighted by molar-refractivity contribution is 7.09. The predicted molar refractivity (Wildman–Crippen MR) is 68.7 cm³/mol. The van der Waals surface area contributed by atoms with Crippen LogP contribution in [0.3, 0.4) is 0 Å². The SMILES string of the molecule is CNC(Cc1cccc(F)c1F)c1scnc1C. The second-order valence-electron chi connectivity index (χ2n) is 4.06. The summed E-state index contributed by atoms with van der Waals surface area (Å²) in [5.74, 6) is -1.57. The lowest BCUT2D eigenvalue weighted by Crippen LogP contribution is -2.19. The van der Waals surface area contributed by atoms with E-state index >= 15 is 0 Å². The van der Waals surface area contributed by atoms with Gasteiger partial charge in [0.25, 0.3) is 0 Å². The number of aryl methyl sites for hydroxylation is 1. The van der Waals surface area contributed by atoms with E-state index in [2.05, 4.69) is 10.3 Å². The first-order chi connectivity index (χ1) is 8.63. The smallest absolute Gasteiger partial charge is 0.162 e. The van der Waals surface area contributed by atoms with E-state index in [0.29, 0.717) is 12.0 Å². The van der Waals surface area contributed by atoms with Gasteiger partial charge in [0.1, 0.15) is 0 Å². The van der Waals surface area contributed by atoms with Crippen molar-refractivity contribution >= 4 is 11.3 Å². The largest absolute Gasteiger partial charge is 0.312 e. The van der Waals surface area contributed by atoms with Gasteiger partial charge in [-0.1, -0.05) is 12.1 Å². The molecule has 2 rings (SSSR count). The minimum atomic E-state index is -0.802. The van der Waals surface area contributed by atoms with E-state index in [-0.39, 0.29) is 6.04 Å². The summed E-state index contributed by atoms with van der Waals surface area (Å²) in [6, 6.07) is 4.22. The lowest BCUT2D eigenvalue weighted by atomic mass is 10.0. The second kappa shape index (κ2) is 5.54. The molecule has 0 fully saturated rings. The summed E-state index contributed by atoms with van der Waals surface area (Å²) in [4.78, 5) is 5.23. The number of hydrogen-bond donors (Lipinski definition) is 1. The number of halogens is 2. The number of rotatable bonds is 4. The number of thiazole rings is 1. The molecule has 0 saturated heterocycles.